The Bertz CT molecular complexity index is 961. The van der Waals surface area contributed by atoms with Crippen LogP contribution in [0.1, 0.15) is 11.8 Å². The van der Waals surface area contributed by atoms with Gasteiger partial charge in [0.2, 0.25) is 15.3 Å². The van der Waals surface area contributed by atoms with Crippen LogP contribution in [0.15, 0.2) is 6.07 Å². The van der Waals surface area contributed by atoms with E-state index in [-0.39, 0.29) is 11.3 Å². The van der Waals surface area contributed by atoms with Crippen molar-refractivity contribution in [1.29, 1.82) is 0 Å². The lowest BCUT2D eigenvalue weighted by molar-refractivity contribution is 0.122. The van der Waals surface area contributed by atoms with Crippen molar-refractivity contribution in [1.82, 2.24) is 19.2 Å². The first-order valence-electron chi connectivity index (χ1n) is 9.29. The minimum absolute atomic E-state index is 0.0312. The van der Waals surface area contributed by atoms with Crippen LogP contribution in [0.25, 0.3) is 10.2 Å². The summed E-state index contributed by atoms with van der Waals surface area (Å²) in [6.07, 6.45) is 1.28. The molecule has 28 heavy (non-hydrogen) atoms. The normalized spacial score (nSPS) is 22.8. The number of anilines is 1. The minimum Gasteiger partial charge on any atom is -0.378 e. The molecule has 8 nitrogen and oxygen atoms in total. The Morgan fingerprint density at radius 2 is 2.00 bits per heavy atom. The third kappa shape index (κ3) is 4.27. The highest BCUT2D eigenvalue weighted by atomic mass is 35.5. The van der Waals surface area contributed by atoms with Crippen LogP contribution in [0.4, 0.5) is 5.82 Å². The first-order valence-corrected chi connectivity index (χ1v) is 12.3. The standard InChI is InChI=1S/C17H24ClN5O3S2/c1-12-10-21(3-4-23(12)28(2,24)25)11-13-9-14-15(27-13)16(20-17(18)19-14)22-5-7-26-8-6-22/h9,12H,3-8,10-11H2,1-2H3/t12-/m1/s1. The average Bonchev–Trinajstić information content (AvgIpc) is 3.02. The van der Waals surface area contributed by atoms with Gasteiger partial charge in [-0.25, -0.2) is 13.4 Å². The molecule has 0 saturated carbocycles. The van der Waals surface area contributed by atoms with Gasteiger partial charge in [-0.1, -0.05) is 0 Å². The topological polar surface area (TPSA) is 78.9 Å². The van der Waals surface area contributed by atoms with Crippen molar-refractivity contribution in [3.05, 3.63) is 16.2 Å². The van der Waals surface area contributed by atoms with E-state index in [1.807, 2.05) is 6.92 Å². The van der Waals surface area contributed by atoms with Gasteiger partial charge in [-0.3, -0.25) is 4.90 Å². The molecule has 11 heteroatoms. The van der Waals surface area contributed by atoms with Crippen molar-refractivity contribution in [2.75, 3.05) is 57.1 Å². The fourth-order valence-electron chi connectivity index (χ4n) is 3.88. The molecule has 0 aromatic carbocycles. The number of sulfonamides is 1. The molecule has 2 aliphatic heterocycles. The van der Waals surface area contributed by atoms with Crippen LogP contribution in [-0.2, 0) is 21.3 Å². The number of nitrogens with zero attached hydrogens (tertiary/aromatic N) is 5. The fourth-order valence-corrected chi connectivity index (χ4v) is 6.34. The number of fused-ring (bicyclic) bond motifs is 1. The summed E-state index contributed by atoms with van der Waals surface area (Å²) in [5, 5.41) is 0.258. The zero-order valence-corrected chi connectivity index (χ0v) is 18.4. The van der Waals surface area contributed by atoms with Crippen LogP contribution in [0.2, 0.25) is 5.28 Å². The second kappa shape index (κ2) is 8.00. The molecule has 0 radical (unpaired) electrons. The smallest absolute Gasteiger partial charge is 0.224 e. The lowest BCUT2D eigenvalue weighted by Gasteiger charge is -2.38. The van der Waals surface area contributed by atoms with Gasteiger partial charge in [-0.05, 0) is 24.6 Å². The summed E-state index contributed by atoms with van der Waals surface area (Å²) in [6, 6.07) is 2.04. The van der Waals surface area contributed by atoms with Crippen molar-refractivity contribution in [3.63, 3.8) is 0 Å². The van der Waals surface area contributed by atoms with E-state index in [0.29, 0.717) is 32.8 Å². The minimum atomic E-state index is -3.15. The number of morpholine rings is 1. The lowest BCUT2D eigenvalue weighted by atomic mass is 10.2. The van der Waals surface area contributed by atoms with Crippen LogP contribution < -0.4 is 4.90 Å². The highest BCUT2D eigenvalue weighted by molar-refractivity contribution is 7.88. The van der Waals surface area contributed by atoms with E-state index in [1.165, 1.54) is 11.1 Å². The molecular formula is C17H24ClN5O3S2. The number of hydrogen-bond acceptors (Lipinski definition) is 8. The third-order valence-electron chi connectivity index (χ3n) is 5.14. The highest BCUT2D eigenvalue weighted by Crippen LogP contribution is 2.34. The predicted octanol–water partition coefficient (Wildman–Crippen LogP) is 1.65. The molecule has 0 amide bonds. The van der Waals surface area contributed by atoms with Crippen LogP contribution in [0.3, 0.4) is 0 Å². The number of rotatable bonds is 4. The molecule has 2 aliphatic rings. The van der Waals surface area contributed by atoms with Gasteiger partial charge in [-0.15, -0.1) is 11.3 Å². The zero-order valence-electron chi connectivity index (χ0n) is 16.0. The maximum Gasteiger partial charge on any atom is 0.224 e. The summed E-state index contributed by atoms with van der Waals surface area (Å²) < 4.78 is 31.8. The summed E-state index contributed by atoms with van der Waals surface area (Å²) in [5.74, 6) is 0.879. The molecule has 154 valence electrons. The summed E-state index contributed by atoms with van der Waals surface area (Å²) in [7, 11) is -3.15. The number of ether oxygens (including phenoxy) is 1. The molecule has 0 aliphatic carbocycles. The van der Waals surface area contributed by atoms with E-state index in [0.717, 1.165) is 35.7 Å². The number of thiophene rings is 1. The van der Waals surface area contributed by atoms with Gasteiger partial charge >= 0.3 is 0 Å². The monoisotopic (exact) mass is 445 g/mol. The summed E-state index contributed by atoms with van der Waals surface area (Å²) >= 11 is 7.86. The summed E-state index contributed by atoms with van der Waals surface area (Å²) in [4.78, 5) is 14.6. The Kier molecular flexibility index (Phi) is 5.78. The average molecular weight is 446 g/mol. The van der Waals surface area contributed by atoms with E-state index >= 15 is 0 Å². The lowest BCUT2D eigenvalue weighted by Crippen LogP contribution is -2.53. The second-order valence-electron chi connectivity index (χ2n) is 7.30. The van der Waals surface area contributed by atoms with E-state index in [2.05, 4.69) is 25.8 Å². The van der Waals surface area contributed by atoms with E-state index in [9.17, 15) is 8.42 Å². The first kappa shape index (κ1) is 20.2. The third-order valence-corrected chi connectivity index (χ3v) is 7.81. The molecule has 0 bridgehead atoms. The zero-order chi connectivity index (χ0) is 19.9. The Morgan fingerprint density at radius 3 is 2.68 bits per heavy atom. The fraction of sp³-hybridized carbons (Fsp3) is 0.647. The molecule has 4 heterocycles. The highest BCUT2D eigenvalue weighted by Gasteiger charge is 2.30. The Morgan fingerprint density at radius 1 is 1.25 bits per heavy atom. The van der Waals surface area contributed by atoms with Gasteiger partial charge in [0.1, 0.15) is 0 Å². The molecule has 0 spiro atoms. The quantitative estimate of drug-likeness (QED) is 0.662. The SMILES string of the molecule is C[C@@H]1CN(Cc2cc3nc(Cl)nc(N4CCOCC4)c3s2)CCN1S(C)(=O)=O. The van der Waals surface area contributed by atoms with Gasteiger partial charge in [0, 0.05) is 50.2 Å². The molecule has 1 atom stereocenters. The maximum absolute atomic E-state index is 11.9. The predicted molar refractivity (Wildman–Crippen MR) is 112 cm³/mol. The summed E-state index contributed by atoms with van der Waals surface area (Å²) in [5.41, 5.74) is 0.865. The van der Waals surface area contributed by atoms with E-state index in [1.54, 1.807) is 15.6 Å². The van der Waals surface area contributed by atoms with Gasteiger partial charge in [0.15, 0.2) is 5.82 Å². The number of halogens is 1. The van der Waals surface area contributed by atoms with Crippen molar-refractivity contribution in [2.45, 2.75) is 19.5 Å². The molecule has 4 rings (SSSR count). The Hall–Kier alpha value is -1.04. The molecule has 0 unspecified atom stereocenters. The molecule has 2 fully saturated rings. The Balaban J connectivity index is 1.54. The molecule has 2 saturated heterocycles. The van der Waals surface area contributed by atoms with Crippen LogP contribution in [0.5, 0.6) is 0 Å². The van der Waals surface area contributed by atoms with Gasteiger partial charge in [0.25, 0.3) is 0 Å². The van der Waals surface area contributed by atoms with Crippen LogP contribution in [0, 0.1) is 0 Å². The summed E-state index contributed by atoms with van der Waals surface area (Å²) in [6.45, 7) is 7.63. The van der Waals surface area contributed by atoms with E-state index < -0.39 is 10.0 Å². The van der Waals surface area contributed by atoms with Crippen molar-refractivity contribution < 1.29 is 13.2 Å². The number of hydrogen-bond donors (Lipinski definition) is 0. The maximum atomic E-state index is 11.9. The van der Waals surface area contributed by atoms with Crippen molar-refractivity contribution in [3.8, 4) is 0 Å². The number of aromatic nitrogens is 2. The van der Waals surface area contributed by atoms with Gasteiger partial charge in [0.05, 0.1) is 29.7 Å². The van der Waals surface area contributed by atoms with Crippen LogP contribution in [-0.4, -0.2) is 85.8 Å². The number of piperazine rings is 1. The molecule has 0 N–H and O–H groups in total. The molecule has 2 aromatic heterocycles. The first-order chi connectivity index (χ1) is 13.3. The van der Waals surface area contributed by atoms with Crippen molar-refractivity contribution in [2.24, 2.45) is 0 Å². The molecular weight excluding hydrogens is 422 g/mol. The van der Waals surface area contributed by atoms with Crippen molar-refractivity contribution >= 4 is 49.0 Å². The van der Waals surface area contributed by atoms with E-state index in [4.69, 9.17) is 16.3 Å². The largest absolute Gasteiger partial charge is 0.378 e. The van der Waals surface area contributed by atoms with Gasteiger partial charge < -0.3 is 9.64 Å². The Labute approximate surface area is 174 Å². The van der Waals surface area contributed by atoms with Crippen LogP contribution >= 0.6 is 22.9 Å². The second-order valence-corrected chi connectivity index (χ2v) is 10.7. The molecule has 2 aromatic rings. The van der Waals surface area contributed by atoms with Gasteiger partial charge in [-0.2, -0.15) is 9.29 Å².